The van der Waals surface area contributed by atoms with Gasteiger partial charge in [0.05, 0.1) is 49.0 Å². The summed E-state index contributed by atoms with van der Waals surface area (Å²) in [7, 11) is 2.26. The maximum atomic E-state index is 12.9. The lowest BCUT2D eigenvalue weighted by atomic mass is 10.0. The smallest absolute Gasteiger partial charge is 0.269 e. The molecule has 11 heteroatoms. The van der Waals surface area contributed by atoms with Crippen LogP contribution in [-0.4, -0.2) is 59.3 Å². The van der Waals surface area contributed by atoms with Crippen molar-refractivity contribution in [2.75, 3.05) is 34.2 Å². The lowest BCUT2D eigenvalue weighted by Crippen LogP contribution is -2.22. The molecule has 0 N–H and O–H groups in total. The quantitative estimate of drug-likeness (QED) is 0.339. The van der Waals surface area contributed by atoms with Crippen molar-refractivity contribution in [3.05, 3.63) is 81.3 Å². The number of benzene rings is 2. The predicted octanol–water partition coefficient (Wildman–Crippen LogP) is 4.29. The summed E-state index contributed by atoms with van der Waals surface area (Å²) in [5.41, 5.74) is 1.86. The second kappa shape index (κ2) is 11.6. The molecule has 0 amide bonds. The number of nitrogens with zero attached hydrogens (tertiary/aromatic N) is 2. The number of sulfone groups is 1. The third kappa shape index (κ3) is 6.58. The molecule has 1 unspecified atom stereocenters. The van der Waals surface area contributed by atoms with Gasteiger partial charge in [-0.3, -0.25) is 15.1 Å². The van der Waals surface area contributed by atoms with Crippen molar-refractivity contribution in [3.63, 3.8) is 0 Å². The van der Waals surface area contributed by atoms with E-state index in [-0.39, 0.29) is 11.4 Å². The van der Waals surface area contributed by atoms with Crippen LogP contribution in [0.1, 0.15) is 5.56 Å². The molecule has 1 aliphatic rings. The Kier molecular flexibility index (Phi) is 8.62. The molecule has 0 spiro atoms. The number of non-ortho nitro benzene ring substituents is 1. The maximum absolute atomic E-state index is 12.9. The lowest BCUT2D eigenvalue weighted by Gasteiger charge is -2.17. The van der Waals surface area contributed by atoms with Gasteiger partial charge in [-0.05, 0) is 35.9 Å². The summed E-state index contributed by atoms with van der Waals surface area (Å²) in [5.74, 6) is 1.02. The van der Waals surface area contributed by atoms with Crippen LogP contribution in [0.15, 0.2) is 70.6 Å². The number of nitro groups is 1. The number of nitro benzene ring substituents is 1. The van der Waals surface area contributed by atoms with Crippen molar-refractivity contribution in [1.29, 1.82) is 0 Å². The largest absolute Gasteiger partial charge is 0.496 e. The van der Waals surface area contributed by atoms with Crippen molar-refractivity contribution in [2.24, 2.45) is 4.99 Å². The lowest BCUT2D eigenvalue weighted by molar-refractivity contribution is -0.384. The van der Waals surface area contributed by atoms with E-state index in [1.807, 2.05) is 0 Å². The Hall–Kier alpha value is -3.96. The molecule has 10 nitrogen and oxygen atoms in total. The first-order chi connectivity index (χ1) is 17.2. The van der Waals surface area contributed by atoms with Crippen molar-refractivity contribution in [3.8, 4) is 17.2 Å². The molecule has 0 aliphatic heterocycles. The van der Waals surface area contributed by atoms with Gasteiger partial charge in [0, 0.05) is 36.8 Å². The summed E-state index contributed by atoms with van der Waals surface area (Å²) >= 11 is 0. The van der Waals surface area contributed by atoms with Crippen LogP contribution in [0.2, 0.25) is 0 Å². The molecule has 1 aliphatic carbocycles. The molecular weight excluding hydrogens is 488 g/mol. The minimum atomic E-state index is -3.69. The molecule has 1 atom stereocenters. The standard InChI is InChI=1S/C25H26N2O8S/c1-32-20-14-24(34-3)21(25(15-20)35-4)11-12-36(30,31)16-17-5-10-23(33-2)22(13-17)26-18-6-8-19(9-7-18)27(28)29/h5-15,23H,16H2,1-4H3/b12-11+,26-22?. The number of hydrogen-bond acceptors (Lipinski definition) is 9. The summed E-state index contributed by atoms with van der Waals surface area (Å²) in [6, 6.07) is 8.99. The van der Waals surface area contributed by atoms with E-state index in [9.17, 15) is 18.5 Å². The molecule has 3 rings (SSSR count). The van der Waals surface area contributed by atoms with E-state index in [1.54, 1.807) is 30.4 Å². The molecule has 0 bridgehead atoms. The molecule has 2 aromatic carbocycles. The molecule has 0 radical (unpaired) electrons. The topological polar surface area (TPSA) is 127 Å². The van der Waals surface area contributed by atoms with Gasteiger partial charge in [0.2, 0.25) is 0 Å². The fourth-order valence-corrected chi connectivity index (χ4v) is 4.55. The van der Waals surface area contributed by atoms with Gasteiger partial charge < -0.3 is 18.9 Å². The van der Waals surface area contributed by atoms with Crippen molar-refractivity contribution >= 4 is 33.0 Å². The third-order valence-corrected chi connectivity index (χ3v) is 6.53. The fraction of sp³-hybridized carbons (Fsp3) is 0.240. The van der Waals surface area contributed by atoms with Gasteiger partial charge in [0.1, 0.15) is 23.4 Å². The van der Waals surface area contributed by atoms with E-state index in [0.717, 1.165) is 5.41 Å². The predicted molar refractivity (Wildman–Crippen MR) is 137 cm³/mol. The number of ether oxygens (including phenoxy) is 4. The molecule has 0 saturated carbocycles. The number of hydrogen-bond donors (Lipinski definition) is 0. The Morgan fingerprint density at radius 2 is 1.67 bits per heavy atom. The first-order valence-electron chi connectivity index (χ1n) is 10.6. The van der Waals surface area contributed by atoms with Crippen LogP contribution in [0.4, 0.5) is 11.4 Å². The second-order valence-electron chi connectivity index (χ2n) is 7.60. The van der Waals surface area contributed by atoms with Crippen LogP contribution in [0, 0.1) is 10.1 Å². The summed E-state index contributed by atoms with van der Waals surface area (Å²) in [6.45, 7) is 0. The summed E-state index contributed by atoms with van der Waals surface area (Å²) < 4.78 is 47.2. The van der Waals surface area contributed by atoms with Crippen LogP contribution >= 0.6 is 0 Å². The zero-order valence-corrected chi connectivity index (χ0v) is 21.0. The van der Waals surface area contributed by atoms with E-state index in [1.165, 1.54) is 58.8 Å². The molecule has 0 heterocycles. The highest BCUT2D eigenvalue weighted by Crippen LogP contribution is 2.35. The highest BCUT2D eigenvalue weighted by Gasteiger charge is 2.19. The molecule has 0 fully saturated rings. The first-order valence-corrected chi connectivity index (χ1v) is 12.4. The van der Waals surface area contributed by atoms with Gasteiger partial charge in [-0.2, -0.15) is 0 Å². The van der Waals surface area contributed by atoms with Crippen LogP contribution in [0.25, 0.3) is 6.08 Å². The summed E-state index contributed by atoms with van der Waals surface area (Å²) in [5, 5.41) is 12.0. The average molecular weight is 515 g/mol. The Bertz CT molecular complexity index is 1320. The average Bonchev–Trinajstić information content (AvgIpc) is 2.87. The zero-order chi connectivity index (χ0) is 26.3. The van der Waals surface area contributed by atoms with E-state index < -0.39 is 20.9 Å². The Morgan fingerprint density at radius 3 is 2.19 bits per heavy atom. The van der Waals surface area contributed by atoms with Crippen LogP contribution in [-0.2, 0) is 14.6 Å². The van der Waals surface area contributed by atoms with Gasteiger partial charge >= 0.3 is 0 Å². The number of allylic oxidation sites excluding steroid dienone is 1. The minimum absolute atomic E-state index is 0.0509. The first kappa shape index (κ1) is 26.6. The SMILES string of the molecule is COc1cc(OC)c(/C=C/S(=O)(=O)CC2=CC(=Nc3ccc([N+](=O)[O-])cc3)C(OC)C=C2)c(OC)c1. The highest BCUT2D eigenvalue weighted by molar-refractivity contribution is 7.94. The Labute approximate surface area is 209 Å². The van der Waals surface area contributed by atoms with Crippen molar-refractivity contribution in [1.82, 2.24) is 0 Å². The van der Waals surface area contributed by atoms with E-state index in [2.05, 4.69) is 4.99 Å². The van der Waals surface area contributed by atoms with Crippen LogP contribution in [0.5, 0.6) is 17.2 Å². The van der Waals surface area contributed by atoms with Gasteiger partial charge in [-0.15, -0.1) is 0 Å². The second-order valence-corrected chi connectivity index (χ2v) is 9.49. The number of rotatable bonds is 10. The van der Waals surface area contributed by atoms with E-state index in [0.29, 0.717) is 39.8 Å². The molecule has 0 aromatic heterocycles. The fourth-order valence-electron chi connectivity index (χ4n) is 3.46. The molecule has 0 saturated heterocycles. The molecular formula is C25H26N2O8S. The van der Waals surface area contributed by atoms with Crippen LogP contribution < -0.4 is 14.2 Å². The van der Waals surface area contributed by atoms with Crippen molar-refractivity contribution in [2.45, 2.75) is 6.10 Å². The molecule has 36 heavy (non-hydrogen) atoms. The number of methoxy groups -OCH3 is 4. The highest BCUT2D eigenvalue weighted by atomic mass is 32.2. The Balaban J connectivity index is 1.87. The van der Waals surface area contributed by atoms with Gasteiger partial charge in [-0.1, -0.05) is 6.08 Å². The zero-order valence-electron chi connectivity index (χ0n) is 20.2. The maximum Gasteiger partial charge on any atom is 0.269 e. The third-order valence-electron chi connectivity index (χ3n) is 5.25. The summed E-state index contributed by atoms with van der Waals surface area (Å²) in [4.78, 5) is 14.9. The Morgan fingerprint density at radius 1 is 1.03 bits per heavy atom. The van der Waals surface area contributed by atoms with Crippen LogP contribution in [0.3, 0.4) is 0 Å². The minimum Gasteiger partial charge on any atom is -0.496 e. The number of aliphatic imine (C=N–C) groups is 1. The molecule has 2 aromatic rings. The van der Waals surface area contributed by atoms with E-state index >= 15 is 0 Å². The summed E-state index contributed by atoms with van der Waals surface area (Å²) in [6.07, 6.45) is 5.94. The monoisotopic (exact) mass is 514 g/mol. The van der Waals surface area contributed by atoms with Crippen molar-refractivity contribution < 1.29 is 32.3 Å². The normalized spacial score (nSPS) is 16.7. The molecule has 190 valence electrons. The van der Waals surface area contributed by atoms with Gasteiger partial charge in [0.15, 0.2) is 9.84 Å². The van der Waals surface area contributed by atoms with E-state index in [4.69, 9.17) is 18.9 Å². The van der Waals surface area contributed by atoms with Gasteiger partial charge in [-0.25, -0.2) is 8.42 Å². The van der Waals surface area contributed by atoms with Gasteiger partial charge in [0.25, 0.3) is 5.69 Å².